The molecule has 4 aromatic rings. The summed E-state index contributed by atoms with van der Waals surface area (Å²) in [7, 11) is 3.25. The van der Waals surface area contributed by atoms with Crippen LogP contribution in [-0.4, -0.2) is 51.6 Å². The highest BCUT2D eigenvalue weighted by atomic mass is 16.5. The van der Waals surface area contributed by atoms with E-state index in [-0.39, 0.29) is 11.8 Å². The SMILES string of the molecule is COc1ccc(CCN(Cc2cc3cc(C)ccc3n3nnnc23)C(=O)C2CC2)cc1OC. The number of rotatable bonds is 8. The number of benzene rings is 2. The van der Waals surface area contributed by atoms with Crippen molar-refractivity contribution in [1.29, 1.82) is 0 Å². The highest BCUT2D eigenvalue weighted by Crippen LogP contribution is 2.33. The van der Waals surface area contributed by atoms with Gasteiger partial charge in [0.1, 0.15) is 0 Å². The average Bonchev–Trinajstić information content (AvgIpc) is 3.56. The molecule has 0 unspecified atom stereocenters. The quantitative estimate of drug-likeness (QED) is 0.412. The number of carbonyl (C=O) groups excluding carboxylic acids is 1. The molecule has 1 fully saturated rings. The van der Waals surface area contributed by atoms with Crippen LogP contribution in [-0.2, 0) is 17.8 Å². The molecule has 2 heterocycles. The van der Waals surface area contributed by atoms with Crippen molar-refractivity contribution in [3.05, 3.63) is 59.2 Å². The number of hydrogen-bond donors (Lipinski definition) is 0. The first-order valence-electron chi connectivity index (χ1n) is 11.2. The predicted octanol–water partition coefficient (Wildman–Crippen LogP) is 3.58. The second kappa shape index (κ2) is 8.69. The van der Waals surface area contributed by atoms with Crippen LogP contribution < -0.4 is 9.47 Å². The molecule has 1 aliphatic carbocycles. The van der Waals surface area contributed by atoms with E-state index in [1.54, 1.807) is 18.7 Å². The van der Waals surface area contributed by atoms with Crippen molar-refractivity contribution in [2.24, 2.45) is 5.92 Å². The summed E-state index contributed by atoms with van der Waals surface area (Å²) in [5.74, 6) is 1.71. The predicted molar refractivity (Wildman–Crippen MR) is 124 cm³/mol. The van der Waals surface area contributed by atoms with Crippen molar-refractivity contribution < 1.29 is 14.3 Å². The summed E-state index contributed by atoms with van der Waals surface area (Å²) >= 11 is 0. The Balaban J connectivity index is 1.44. The molecule has 33 heavy (non-hydrogen) atoms. The largest absolute Gasteiger partial charge is 0.493 e. The van der Waals surface area contributed by atoms with Crippen LogP contribution in [0.4, 0.5) is 0 Å². The van der Waals surface area contributed by atoms with Crippen molar-refractivity contribution >= 4 is 22.5 Å². The van der Waals surface area contributed by atoms with E-state index in [1.807, 2.05) is 29.2 Å². The third kappa shape index (κ3) is 4.20. The molecule has 8 nitrogen and oxygen atoms in total. The first-order chi connectivity index (χ1) is 16.1. The zero-order valence-electron chi connectivity index (χ0n) is 19.1. The number of carbonyl (C=O) groups is 1. The summed E-state index contributed by atoms with van der Waals surface area (Å²) in [6.07, 6.45) is 2.64. The van der Waals surface area contributed by atoms with E-state index >= 15 is 0 Å². The summed E-state index contributed by atoms with van der Waals surface area (Å²) in [6.45, 7) is 3.13. The number of pyridine rings is 1. The standard InChI is InChI=1S/C25H27N5O3/c1-16-4-8-21-19(12-16)14-20(24-26-27-28-30(21)24)15-29(25(31)18-6-7-18)11-10-17-5-9-22(32-2)23(13-17)33-3/h4-5,8-9,12-14,18H,6-7,10-11,15H2,1-3H3. The maximum Gasteiger partial charge on any atom is 0.225 e. The van der Waals surface area contributed by atoms with Crippen LogP contribution in [0, 0.1) is 12.8 Å². The number of amides is 1. The normalized spacial score (nSPS) is 13.4. The van der Waals surface area contributed by atoms with Crippen LogP contribution in [0.1, 0.15) is 29.5 Å². The number of nitrogens with zero attached hydrogens (tertiary/aromatic N) is 5. The fourth-order valence-electron chi connectivity index (χ4n) is 4.26. The lowest BCUT2D eigenvalue weighted by molar-refractivity contribution is -0.133. The molecule has 0 N–H and O–H groups in total. The molecule has 0 aliphatic heterocycles. The van der Waals surface area contributed by atoms with Gasteiger partial charge < -0.3 is 14.4 Å². The maximum atomic E-state index is 13.2. The van der Waals surface area contributed by atoms with Gasteiger partial charge in [-0.2, -0.15) is 4.52 Å². The first kappa shape index (κ1) is 21.2. The minimum absolute atomic E-state index is 0.130. The van der Waals surface area contributed by atoms with E-state index in [0.717, 1.165) is 34.9 Å². The molecule has 2 aromatic heterocycles. The van der Waals surface area contributed by atoms with Crippen LogP contribution in [0.25, 0.3) is 16.6 Å². The zero-order valence-corrected chi connectivity index (χ0v) is 19.1. The zero-order chi connectivity index (χ0) is 22.9. The molecule has 0 bridgehead atoms. The Bertz CT molecular complexity index is 1330. The number of ether oxygens (including phenoxy) is 2. The lowest BCUT2D eigenvalue weighted by Crippen LogP contribution is -2.33. The summed E-state index contributed by atoms with van der Waals surface area (Å²) < 4.78 is 12.5. The Hall–Kier alpha value is -3.68. The Labute approximate surface area is 192 Å². The molecule has 1 saturated carbocycles. The lowest BCUT2D eigenvalue weighted by atomic mass is 10.1. The highest BCUT2D eigenvalue weighted by molar-refractivity contribution is 5.84. The van der Waals surface area contributed by atoms with Gasteiger partial charge in [0.05, 0.1) is 19.7 Å². The molecule has 8 heteroatoms. The third-order valence-corrected chi connectivity index (χ3v) is 6.22. The average molecular weight is 446 g/mol. The van der Waals surface area contributed by atoms with Gasteiger partial charge in [0, 0.05) is 30.0 Å². The molecule has 170 valence electrons. The molecule has 1 aliphatic rings. The molecule has 0 atom stereocenters. The Kier molecular flexibility index (Phi) is 5.58. The topological polar surface area (TPSA) is 81.9 Å². The fraction of sp³-hybridized carbons (Fsp3) is 0.360. The highest BCUT2D eigenvalue weighted by Gasteiger charge is 2.33. The van der Waals surface area contributed by atoms with Gasteiger partial charge in [-0.05, 0) is 72.5 Å². The fourth-order valence-corrected chi connectivity index (χ4v) is 4.26. The summed E-state index contributed by atoms with van der Waals surface area (Å²) in [5.41, 5.74) is 4.84. The van der Waals surface area contributed by atoms with Gasteiger partial charge in [-0.15, -0.1) is 5.10 Å². The van der Waals surface area contributed by atoms with Crippen molar-refractivity contribution in [2.45, 2.75) is 32.7 Å². The molecule has 5 rings (SSSR count). The number of hydrogen-bond acceptors (Lipinski definition) is 6. The minimum Gasteiger partial charge on any atom is -0.493 e. The number of aromatic nitrogens is 4. The van der Waals surface area contributed by atoms with Gasteiger partial charge in [0.15, 0.2) is 17.1 Å². The van der Waals surface area contributed by atoms with E-state index < -0.39 is 0 Å². The maximum absolute atomic E-state index is 13.2. The van der Waals surface area contributed by atoms with E-state index in [4.69, 9.17) is 9.47 Å². The molecule has 0 radical (unpaired) electrons. The van der Waals surface area contributed by atoms with Crippen LogP contribution in [0.5, 0.6) is 11.5 Å². The van der Waals surface area contributed by atoms with Crippen molar-refractivity contribution in [1.82, 2.24) is 24.9 Å². The second-order valence-corrected chi connectivity index (χ2v) is 8.62. The smallest absolute Gasteiger partial charge is 0.225 e. The van der Waals surface area contributed by atoms with Crippen molar-refractivity contribution in [3.8, 4) is 11.5 Å². The van der Waals surface area contributed by atoms with Crippen LogP contribution in [0.15, 0.2) is 42.5 Å². The van der Waals surface area contributed by atoms with Gasteiger partial charge >= 0.3 is 0 Å². The molecule has 2 aromatic carbocycles. The van der Waals surface area contributed by atoms with Crippen molar-refractivity contribution in [2.75, 3.05) is 20.8 Å². The van der Waals surface area contributed by atoms with Crippen molar-refractivity contribution in [3.63, 3.8) is 0 Å². The number of methoxy groups -OCH3 is 2. The summed E-state index contributed by atoms with van der Waals surface area (Å²) in [5, 5.41) is 13.4. The van der Waals surface area contributed by atoms with Gasteiger partial charge in [0.2, 0.25) is 5.91 Å². The van der Waals surface area contributed by atoms with E-state index in [1.165, 1.54) is 5.56 Å². The van der Waals surface area contributed by atoms with Gasteiger partial charge in [-0.1, -0.05) is 17.7 Å². The van der Waals surface area contributed by atoms with Gasteiger partial charge in [0.25, 0.3) is 0 Å². The monoisotopic (exact) mass is 445 g/mol. The summed E-state index contributed by atoms with van der Waals surface area (Å²) in [6, 6.07) is 14.2. The van der Waals surface area contributed by atoms with E-state index in [0.29, 0.717) is 36.7 Å². The lowest BCUT2D eigenvalue weighted by Gasteiger charge is -2.23. The van der Waals surface area contributed by atoms with E-state index in [2.05, 4.69) is 40.6 Å². The van der Waals surface area contributed by atoms with Crippen LogP contribution in [0.3, 0.4) is 0 Å². The minimum atomic E-state index is 0.130. The molecular formula is C25H27N5O3. The Morgan fingerprint density at radius 3 is 2.67 bits per heavy atom. The number of tetrazole rings is 1. The molecule has 0 spiro atoms. The Morgan fingerprint density at radius 2 is 1.91 bits per heavy atom. The van der Waals surface area contributed by atoms with Gasteiger partial charge in [-0.25, -0.2) is 0 Å². The first-order valence-corrected chi connectivity index (χ1v) is 11.2. The molecule has 1 amide bonds. The molecular weight excluding hydrogens is 418 g/mol. The summed E-state index contributed by atoms with van der Waals surface area (Å²) in [4.78, 5) is 15.1. The van der Waals surface area contributed by atoms with Crippen LogP contribution in [0.2, 0.25) is 0 Å². The van der Waals surface area contributed by atoms with Gasteiger partial charge in [-0.3, -0.25) is 4.79 Å². The third-order valence-electron chi connectivity index (χ3n) is 6.22. The molecule has 0 saturated heterocycles. The number of fused-ring (bicyclic) bond motifs is 3. The second-order valence-electron chi connectivity index (χ2n) is 8.62. The van der Waals surface area contributed by atoms with Crippen LogP contribution >= 0.6 is 0 Å². The number of aryl methyl sites for hydroxylation is 1. The van der Waals surface area contributed by atoms with E-state index in [9.17, 15) is 4.79 Å². The Morgan fingerprint density at radius 1 is 1.09 bits per heavy atom.